The Morgan fingerprint density at radius 1 is 0.507 bits per heavy atom. The lowest BCUT2D eigenvalue weighted by Gasteiger charge is -2.47. The van der Waals surface area contributed by atoms with E-state index in [-0.39, 0.29) is 35.1 Å². The summed E-state index contributed by atoms with van der Waals surface area (Å²) in [7, 11) is 0. The van der Waals surface area contributed by atoms with Crippen LogP contribution in [0.3, 0.4) is 0 Å². The number of fused-ring (bicyclic) bond motifs is 12. The van der Waals surface area contributed by atoms with Crippen LogP contribution < -0.4 is 51.4 Å². The van der Waals surface area contributed by atoms with E-state index in [9.17, 15) is 0 Å². The smallest absolute Gasteiger partial charge is 0.268 e. The topological polar surface area (TPSA) is 24.9 Å². The van der Waals surface area contributed by atoms with Crippen LogP contribution in [0.25, 0.3) is 10.1 Å². The van der Waals surface area contributed by atoms with Crippen molar-refractivity contribution in [2.24, 2.45) is 0 Å². The number of thiophene rings is 1. The standard InChI is InChI=1S/C60H56B2N2O2S/c1-57(2,3)35-29-46-52-48(31-35)66-55-41(26-25-40-51(55)60(9,10)28-27-59(40,7)8)61(52)42-33-43-45(34-44(42)63(46)37-19-13-11-14-20-37)64(38-21-15-12-16-22-38)47-30-36(58(4,5)6)32-49-53(47)62(43)56-54(65-49)39-23-17-18-24-50(39)67-56/h11-26,29-34H,27-28H2,1-10H3. The van der Waals surface area contributed by atoms with Gasteiger partial charge in [-0.1, -0.05) is 136 Å². The van der Waals surface area contributed by atoms with E-state index in [1.807, 2.05) is 11.3 Å². The second kappa shape index (κ2) is 13.7. The van der Waals surface area contributed by atoms with Crippen LogP contribution in [0.5, 0.6) is 23.0 Å². The van der Waals surface area contributed by atoms with Gasteiger partial charge in [-0.3, -0.25) is 0 Å². The fourth-order valence-electron chi connectivity index (χ4n) is 12.2. The highest BCUT2D eigenvalue weighted by atomic mass is 32.1. The molecule has 4 nitrogen and oxygen atoms in total. The van der Waals surface area contributed by atoms with Gasteiger partial charge in [0.15, 0.2) is 0 Å². The first-order valence-electron chi connectivity index (χ1n) is 24.3. The third-order valence-corrected chi connectivity index (χ3v) is 17.1. The zero-order valence-electron chi connectivity index (χ0n) is 40.4. The highest BCUT2D eigenvalue weighted by molar-refractivity contribution is 7.33. The minimum Gasteiger partial charge on any atom is -0.458 e. The molecule has 0 atom stereocenters. The molecule has 0 radical (unpaired) electrons. The first kappa shape index (κ1) is 41.1. The van der Waals surface area contributed by atoms with Crippen molar-refractivity contribution in [1.82, 2.24) is 0 Å². The molecule has 0 N–H and O–H groups in total. The van der Waals surface area contributed by atoms with Crippen molar-refractivity contribution in [3.8, 4) is 23.0 Å². The summed E-state index contributed by atoms with van der Waals surface area (Å²) in [6.45, 7) is 23.5. The summed E-state index contributed by atoms with van der Waals surface area (Å²) in [5, 5.41) is 1.18. The molecule has 13 rings (SSSR count). The Morgan fingerprint density at radius 2 is 1.03 bits per heavy atom. The summed E-state index contributed by atoms with van der Waals surface area (Å²) in [6.07, 6.45) is 2.26. The molecule has 1 aromatic heterocycles. The Bertz CT molecular complexity index is 3410. The van der Waals surface area contributed by atoms with E-state index >= 15 is 0 Å². The van der Waals surface area contributed by atoms with Gasteiger partial charge >= 0.3 is 0 Å². The minimum absolute atomic E-state index is 0.0411. The van der Waals surface area contributed by atoms with Crippen LogP contribution in [-0.2, 0) is 21.7 Å². The predicted molar refractivity (Wildman–Crippen MR) is 286 cm³/mol. The van der Waals surface area contributed by atoms with Gasteiger partial charge in [0.05, 0.1) is 0 Å². The monoisotopic (exact) mass is 890 g/mol. The van der Waals surface area contributed by atoms with Crippen molar-refractivity contribution in [3.05, 3.63) is 156 Å². The van der Waals surface area contributed by atoms with Crippen LogP contribution in [0, 0.1) is 0 Å². The largest absolute Gasteiger partial charge is 0.458 e. The van der Waals surface area contributed by atoms with Gasteiger partial charge in [0.1, 0.15) is 23.0 Å². The number of para-hydroxylation sites is 2. The van der Waals surface area contributed by atoms with Gasteiger partial charge < -0.3 is 19.3 Å². The predicted octanol–water partition coefficient (Wildman–Crippen LogP) is 12.7. The Hall–Kier alpha value is -6.17. The fourth-order valence-corrected chi connectivity index (χ4v) is 13.4. The van der Waals surface area contributed by atoms with E-state index in [1.165, 1.54) is 87.2 Å². The van der Waals surface area contributed by atoms with Crippen molar-refractivity contribution < 1.29 is 9.47 Å². The van der Waals surface area contributed by atoms with E-state index in [4.69, 9.17) is 9.47 Å². The lowest BCUT2D eigenvalue weighted by Crippen LogP contribution is -2.63. The summed E-state index contributed by atoms with van der Waals surface area (Å²) >= 11 is 1.89. The molecule has 0 spiro atoms. The van der Waals surface area contributed by atoms with Crippen LogP contribution in [0.15, 0.2) is 133 Å². The molecule has 0 amide bonds. The summed E-state index contributed by atoms with van der Waals surface area (Å²) in [4.78, 5) is 5.08. The third-order valence-electron chi connectivity index (χ3n) is 15.9. The number of anilines is 6. The first-order valence-corrected chi connectivity index (χ1v) is 25.1. The maximum Gasteiger partial charge on any atom is 0.268 e. The van der Waals surface area contributed by atoms with Gasteiger partial charge in [0.25, 0.3) is 13.4 Å². The van der Waals surface area contributed by atoms with Gasteiger partial charge in [-0.25, -0.2) is 0 Å². The van der Waals surface area contributed by atoms with E-state index < -0.39 is 0 Å². The molecule has 0 saturated carbocycles. The molecule has 0 fully saturated rings. The maximum atomic E-state index is 7.56. The van der Waals surface area contributed by atoms with Crippen molar-refractivity contribution in [2.45, 2.75) is 104 Å². The molecule has 4 aliphatic heterocycles. The molecule has 0 saturated heterocycles. The number of hydrogen-bond acceptors (Lipinski definition) is 5. The third kappa shape index (κ3) is 5.86. The van der Waals surface area contributed by atoms with Crippen molar-refractivity contribution in [2.75, 3.05) is 9.80 Å². The molecule has 5 aliphatic rings. The molecule has 67 heavy (non-hydrogen) atoms. The zero-order chi connectivity index (χ0) is 46.1. The van der Waals surface area contributed by atoms with Crippen LogP contribution in [0.1, 0.15) is 104 Å². The molecule has 330 valence electrons. The molecule has 5 heterocycles. The highest BCUT2D eigenvalue weighted by Gasteiger charge is 2.50. The molecule has 1 aliphatic carbocycles. The lowest BCUT2D eigenvalue weighted by atomic mass is 9.31. The SMILES string of the molecule is CC(C)(C)c1cc2c3c(c1)N(c1ccccc1)c1cc4c(cc1B3c1ccc3c(c1O2)C(C)(C)CCC3(C)C)B1c2sc3ccccc3c2Oc2cc(C(C)(C)C)cc(c21)N4c1ccccc1. The molecular weight excluding hydrogens is 834 g/mol. The van der Waals surface area contributed by atoms with Crippen LogP contribution in [-0.4, -0.2) is 13.4 Å². The second-order valence-electron chi connectivity index (χ2n) is 23.2. The van der Waals surface area contributed by atoms with Gasteiger partial charge in [0.2, 0.25) is 0 Å². The Labute approximate surface area is 400 Å². The molecule has 0 unspecified atom stereocenters. The van der Waals surface area contributed by atoms with Crippen LogP contribution >= 0.6 is 11.3 Å². The quantitative estimate of drug-likeness (QED) is 0.161. The Balaban J connectivity index is 1.18. The summed E-state index contributed by atoms with van der Waals surface area (Å²) < 4.78 is 17.3. The molecule has 0 bridgehead atoms. The molecule has 7 aromatic carbocycles. The number of benzene rings is 7. The number of hydrogen-bond donors (Lipinski definition) is 0. The Kier molecular flexibility index (Phi) is 8.41. The van der Waals surface area contributed by atoms with Gasteiger partial charge in [-0.05, 0) is 145 Å². The minimum atomic E-state index is -0.123. The summed E-state index contributed by atoms with van der Waals surface area (Å²) in [6, 6.07) is 50.5. The zero-order valence-corrected chi connectivity index (χ0v) is 41.2. The number of nitrogens with zero attached hydrogens (tertiary/aromatic N) is 2. The summed E-state index contributed by atoms with van der Waals surface area (Å²) in [5.41, 5.74) is 18.4. The van der Waals surface area contributed by atoms with Gasteiger partial charge in [-0.2, -0.15) is 0 Å². The molecule has 7 heteroatoms. The molecular formula is C60H56B2N2O2S. The van der Waals surface area contributed by atoms with E-state index in [0.717, 1.165) is 47.2 Å². The summed E-state index contributed by atoms with van der Waals surface area (Å²) in [5.74, 6) is 3.98. The van der Waals surface area contributed by atoms with E-state index in [0.29, 0.717) is 0 Å². The molecule has 8 aromatic rings. The van der Waals surface area contributed by atoms with E-state index in [2.05, 4.69) is 212 Å². The fraction of sp³-hybridized carbons (Fsp3) is 0.267. The van der Waals surface area contributed by atoms with Crippen LogP contribution in [0.2, 0.25) is 0 Å². The van der Waals surface area contributed by atoms with Gasteiger partial charge in [-0.15, -0.1) is 11.3 Å². The average molecular weight is 891 g/mol. The van der Waals surface area contributed by atoms with Gasteiger partial charge in [0, 0.05) is 54.6 Å². The first-order chi connectivity index (χ1) is 32.0. The number of rotatable bonds is 2. The average Bonchev–Trinajstić information content (AvgIpc) is 3.67. The highest BCUT2D eigenvalue weighted by Crippen LogP contribution is 2.53. The number of ether oxygens (including phenoxy) is 2. The van der Waals surface area contributed by atoms with Crippen LogP contribution in [0.4, 0.5) is 34.1 Å². The maximum absolute atomic E-state index is 7.56. The lowest BCUT2D eigenvalue weighted by molar-refractivity contribution is 0.320. The normalized spacial score (nSPS) is 16.7. The van der Waals surface area contributed by atoms with Crippen molar-refractivity contribution >= 4 is 101 Å². The van der Waals surface area contributed by atoms with Crippen molar-refractivity contribution in [3.63, 3.8) is 0 Å². The van der Waals surface area contributed by atoms with E-state index in [1.54, 1.807) is 0 Å². The second-order valence-corrected chi connectivity index (χ2v) is 24.2. The Morgan fingerprint density at radius 3 is 1.63 bits per heavy atom. The van der Waals surface area contributed by atoms with Crippen molar-refractivity contribution in [1.29, 1.82) is 0 Å².